The fourth-order valence-electron chi connectivity index (χ4n) is 4.63. The lowest BCUT2D eigenvalue weighted by Crippen LogP contribution is -2.54. The van der Waals surface area contributed by atoms with Crippen molar-refractivity contribution in [1.29, 1.82) is 0 Å². The quantitative estimate of drug-likeness (QED) is 0.280. The van der Waals surface area contributed by atoms with Gasteiger partial charge in [-0.25, -0.2) is 8.42 Å². The van der Waals surface area contributed by atoms with Crippen LogP contribution in [0.2, 0.25) is 0 Å². The number of rotatable bonds is 12. The zero-order chi connectivity index (χ0) is 24.4. The Labute approximate surface area is 195 Å². The summed E-state index contributed by atoms with van der Waals surface area (Å²) >= 11 is 0. The van der Waals surface area contributed by atoms with E-state index < -0.39 is 56.5 Å². The predicted molar refractivity (Wildman–Crippen MR) is 123 cm³/mol. The van der Waals surface area contributed by atoms with E-state index in [0.717, 1.165) is 19.3 Å². The minimum absolute atomic E-state index is 0.114. The summed E-state index contributed by atoms with van der Waals surface area (Å²) in [6, 6.07) is 0. The highest BCUT2D eigenvalue weighted by Gasteiger charge is 2.62. The van der Waals surface area contributed by atoms with Gasteiger partial charge in [0.15, 0.2) is 0 Å². The zero-order valence-electron chi connectivity index (χ0n) is 19.2. The number of sulfonamides is 1. The van der Waals surface area contributed by atoms with Crippen LogP contribution in [0.15, 0.2) is 25.3 Å². The third-order valence-electron chi connectivity index (χ3n) is 6.97. The largest absolute Gasteiger partial charge is 0.393 e. The normalized spacial score (nSPS) is 30.8. The van der Waals surface area contributed by atoms with Gasteiger partial charge in [0.1, 0.15) is 5.54 Å². The van der Waals surface area contributed by atoms with Gasteiger partial charge in [-0.3, -0.25) is 19.1 Å². The molecule has 5 atom stereocenters. The number of carbonyl (C=O) groups is 3. The van der Waals surface area contributed by atoms with Crippen LogP contribution in [0.4, 0.5) is 0 Å². The van der Waals surface area contributed by atoms with Crippen LogP contribution >= 0.6 is 0 Å². The van der Waals surface area contributed by atoms with Crippen LogP contribution in [0, 0.1) is 17.8 Å². The molecule has 184 valence electrons. The van der Waals surface area contributed by atoms with Crippen molar-refractivity contribution in [3.8, 4) is 0 Å². The smallest absolute Gasteiger partial charge is 0.259 e. The van der Waals surface area contributed by atoms with Gasteiger partial charge < -0.3 is 15.3 Å². The van der Waals surface area contributed by atoms with Gasteiger partial charge in [0.2, 0.25) is 21.8 Å². The highest BCUT2D eigenvalue weighted by Crippen LogP contribution is 2.46. The molecule has 33 heavy (non-hydrogen) atoms. The summed E-state index contributed by atoms with van der Waals surface area (Å²) in [5.74, 6) is -3.39. The molecular weight excluding hydrogens is 446 g/mol. The molecule has 3 saturated carbocycles. The van der Waals surface area contributed by atoms with Crippen molar-refractivity contribution in [2.75, 3.05) is 13.6 Å². The topological polar surface area (TPSA) is 133 Å². The first-order valence-electron chi connectivity index (χ1n) is 11.6. The lowest BCUT2D eigenvalue weighted by atomic mass is 9.93. The van der Waals surface area contributed by atoms with E-state index in [1.165, 1.54) is 6.08 Å². The Morgan fingerprint density at radius 1 is 1.15 bits per heavy atom. The predicted octanol–water partition coefficient (Wildman–Crippen LogP) is 0.858. The number of aliphatic hydroxyl groups is 1. The van der Waals surface area contributed by atoms with E-state index in [2.05, 4.69) is 23.2 Å². The third-order valence-corrected chi connectivity index (χ3v) is 8.79. The van der Waals surface area contributed by atoms with Crippen molar-refractivity contribution in [1.82, 2.24) is 14.9 Å². The lowest BCUT2D eigenvalue weighted by molar-refractivity contribution is -0.140. The van der Waals surface area contributed by atoms with E-state index in [1.807, 2.05) is 6.08 Å². The molecule has 3 aliphatic rings. The number of hydrogen-bond donors (Lipinski definition) is 3. The second-order valence-corrected chi connectivity index (χ2v) is 11.5. The molecule has 0 spiro atoms. The Morgan fingerprint density at radius 3 is 2.39 bits per heavy atom. The number of hydrogen-bond acceptors (Lipinski definition) is 6. The van der Waals surface area contributed by atoms with Gasteiger partial charge in [-0.05, 0) is 51.4 Å². The number of nitrogens with one attached hydrogen (secondary N) is 2. The molecule has 1 unspecified atom stereocenters. The van der Waals surface area contributed by atoms with Crippen LogP contribution in [0.1, 0.15) is 51.4 Å². The van der Waals surface area contributed by atoms with Gasteiger partial charge in [0.25, 0.3) is 5.91 Å². The molecule has 0 aromatic carbocycles. The number of allylic oxidation sites excluding steroid dienone is 1. The highest BCUT2D eigenvalue weighted by atomic mass is 32.2. The lowest BCUT2D eigenvalue weighted by Gasteiger charge is -2.26. The number of aliphatic hydroxyl groups excluding tert-OH is 1. The molecule has 0 aromatic rings. The van der Waals surface area contributed by atoms with Gasteiger partial charge in [-0.1, -0.05) is 12.2 Å². The van der Waals surface area contributed by atoms with Gasteiger partial charge >= 0.3 is 0 Å². The molecule has 0 radical (unpaired) electrons. The summed E-state index contributed by atoms with van der Waals surface area (Å²) in [6.45, 7) is 7.90. The standard InChI is InChI=1S/C23H35N3O6S/c1-4-6-7-8-11-26(3)21(29)19-13-16(27)12-18(19)20(28)24-23(14-15(23)5-2)22(30)25-33(31,32)17-9-10-17/h4-5,15-19,27H,1-2,6-14H2,3H3,(H,24,28)(H,25,30)/t15-,16-,18-,19-,23?/m1/s1. The van der Waals surface area contributed by atoms with E-state index in [4.69, 9.17) is 0 Å². The Balaban J connectivity index is 1.67. The van der Waals surface area contributed by atoms with Crippen LogP contribution in [0.25, 0.3) is 0 Å². The molecule has 3 N–H and O–H groups in total. The second kappa shape index (κ2) is 9.97. The maximum Gasteiger partial charge on any atom is 0.259 e. The molecule has 3 rings (SSSR count). The molecule has 0 heterocycles. The molecule has 0 saturated heterocycles. The maximum atomic E-state index is 13.2. The fraction of sp³-hybridized carbons (Fsp3) is 0.696. The third kappa shape index (κ3) is 5.66. The summed E-state index contributed by atoms with van der Waals surface area (Å²) in [7, 11) is -2.08. The van der Waals surface area contributed by atoms with E-state index in [-0.39, 0.29) is 25.2 Å². The summed E-state index contributed by atoms with van der Waals surface area (Å²) in [5.41, 5.74) is -1.39. The van der Waals surface area contributed by atoms with Gasteiger partial charge in [-0.15, -0.1) is 13.2 Å². The summed E-state index contributed by atoms with van der Waals surface area (Å²) in [6.07, 6.45) is 6.68. The SMILES string of the molecule is C=CCCCCN(C)C(=O)[C@@H]1C[C@H](O)C[C@H]1C(=O)NC1(C(=O)NS(=O)(=O)C2CC2)C[C@H]1C=C. The Bertz CT molecular complexity index is 915. The average molecular weight is 482 g/mol. The average Bonchev–Trinajstić information content (AvgIpc) is 3.67. The molecule has 3 fully saturated rings. The van der Waals surface area contributed by atoms with E-state index in [9.17, 15) is 27.9 Å². The van der Waals surface area contributed by atoms with Crippen LogP contribution in [0.5, 0.6) is 0 Å². The van der Waals surface area contributed by atoms with Crippen molar-refractivity contribution in [3.63, 3.8) is 0 Å². The van der Waals surface area contributed by atoms with E-state index >= 15 is 0 Å². The van der Waals surface area contributed by atoms with Crippen molar-refractivity contribution < 1.29 is 27.9 Å². The van der Waals surface area contributed by atoms with Crippen LogP contribution in [-0.4, -0.2) is 66.6 Å². The Kier molecular flexibility index (Phi) is 7.68. The number of nitrogens with zero attached hydrogens (tertiary/aromatic N) is 1. The fourth-order valence-corrected chi connectivity index (χ4v) is 6.00. The Hall–Kier alpha value is -2.20. The van der Waals surface area contributed by atoms with E-state index in [0.29, 0.717) is 19.4 Å². The molecule has 3 amide bonds. The summed E-state index contributed by atoms with van der Waals surface area (Å²) in [4.78, 5) is 40.7. The van der Waals surface area contributed by atoms with Crippen molar-refractivity contribution in [3.05, 3.63) is 25.3 Å². The molecule has 10 heteroatoms. The zero-order valence-corrected chi connectivity index (χ0v) is 20.0. The van der Waals surface area contributed by atoms with Gasteiger partial charge in [-0.2, -0.15) is 0 Å². The number of amides is 3. The first-order valence-corrected chi connectivity index (χ1v) is 13.1. The van der Waals surface area contributed by atoms with Crippen molar-refractivity contribution in [2.45, 2.75) is 68.3 Å². The monoisotopic (exact) mass is 481 g/mol. The second-order valence-electron chi connectivity index (χ2n) is 9.56. The first kappa shape index (κ1) is 25.4. The van der Waals surface area contributed by atoms with E-state index in [1.54, 1.807) is 11.9 Å². The van der Waals surface area contributed by atoms with Crippen LogP contribution in [0.3, 0.4) is 0 Å². The van der Waals surface area contributed by atoms with Crippen LogP contribution in [-0.2, 0) is 24.4 Å². The minimum Gasteiger partial charge on any atom is -0.393 e. The first-order chi connectivity index (χ1) is 15.6. The maximum absolute atomic E-state index is 13.2. The Morgan fingerprint density at radius 2 is 1.82 bits per heavy atom. The molecule has 0 aliphatic heterocycles. The van der Waals surface area contributed by atoms with Crippen LogP contribution < -0.4 is 10.0 Å². The van der Waals surface area contributed by atoms with Gasteiger partial charge in [0, 0.05) is 19.5 Å². The van der Waals surface area contributed by atoms with Gasteiger partial charge in [0.05, 0.1) is 23.2 Å². The van der Waals surface area contributed by atoms with Crippen molar-refractivity contribution in [2.24, 2.45) is 17.8 Å². The summed E-state index contributed by atoms with van der Waals surface area (Å²) in [5, 5.41) is 12.4. The molecule has 0 bridgehead atoms. The molecular formula is C23H35N3O6S. The molecule has 0 aromatic heterocycles. The van der Waals surface area contributed by atoms with Crippen molar-refractivity contribution >= 4 is 27.7 Å². The highest BCUT2D eigenvalue weighted by molar-refractivity contribution is 7.91. The number of carbonyl (C=O) groups excluding carboxylic acids is 3. The molecule has 9 nitrogen and oxygen atoms in total. The minimum atomic E-state index is -3.77. The molecule has 3 aliphatic carbocycles. The summed E-state index contributed by atoms with van der Waals surface area (Å²) < 4.78 is 26.6. The number of unbranched alkanes of at least 4 members (excludes halogenated alkanes) is 2.